The molecule has 0 atom stereocenters. The first-order valence-electron chi connectivity index (χ1n) is 6.54. The first-order chi connectivity index (χ1) is 7.68. The van der Waals surface area contributed by atoms with Gasteiger partial charge in [0.25, 0.3) is 0 Å². The highest BCUT2D eigenvalue weighted by atomic mass is 15.1. The molecule has 0 saturated carbocycles. The van der Waals surface area contributed by atoms with Gasteiger partial charge < -0.3 is 9.47 Å². The minimum Gasteiger partial charge on any atom is -0.350 e. The number of piperidine rings is 1. The molecule has 1 aliphatic rings. The van der Waals surface area contributed by atoms with Crippen LogP contribution in [0.25, 0.3) is 0 Å². The molecule has 1 aliphatic heterocycles. The predicted octanol–water partition coefficient (Wildman–Crippen LogP) is 2.90. The lowest BCUT2D eigenvalue weighted by atomic mass is 10.1. The molecule has 0 bridgehead atoms. The molecule has 1 fully saturated rings. The van der Waals surface area contributed by atoms with Crippen molar-refractivity contribution in [2.45, 2.75) is 46.6 Å². The summed E-state index contributed by atoms with van der Waals surface area (Å²) in [7, 11) is 0. The van der Waals surface area contributed by atoms with Crippen LogP contribution in [-0.2, 0) is 6.54 Å². The Morgan fingerprint density at radius 3 is 2.25 bits per heavy atom. The summed E-state index contributed by atoms with van der Waals surface area (Å²) >= 11 is 0. The molecule has 0 spiro atoms. The summed E-state index contributed by atoms with van der Waals surface area (Å²) in [6.45, 7) is 11.6. The minimum atomic E-state index is 1.15. The molecule has 2 rings (SSSR count). The van der Waals surface area contributed by atoms with Crippen LogP contribution < -0.4 is 0 Å². The van der Waals surface area contributed by atoms with E-state index >= 15 is 0 Å². The lowest BCUT2D eigenvalue weighted by Gasteiger charge is -2.26. The van der Waals surface area contributed by atoms with E-state index in [0.717, 1.165) is 6.54 Å². The number of nitrogens with zero attached hydrogens (tertiary/aromatic N) is 2. The molecule has 1 aromatic heterocycles. The zero-order valence-electron chi connectivity index (χ0n) is 10.9. The van der Waals surface area contributed by atoms with Gasteiger partial charge in [-0.3, -0.25) is 0 Å². The molecule has 0 aliphatic carbocycles. The van der Waals surface area contributed by atoms with E-state index in [0.29, 0.717) is 0 Å². The van der Waals surface area contributed by atoms with Crippen molar-refractivity contribution in [1.82, 2.24) is 9.47 Å². The van der Waals surface area contributed by atoms with Crippen molar-refractivity contribution in [1.29, 1.82) is 0 Å². The van der Waals surface area contributed by atoms with Crippen molar-refractivity contribution in [3.05, 3.63) is 23.0 Å². The van der Waals surface area contributed by atoms with Gasteiger partial charge >= 0.3 is 0 Å². The molecule has 2 nitrogen and oxygen atoms in total. The maximum absolute atomic E-state index is 2.60. The second-order valence-electron chi connectivity index (χ2n) is 5.12. The summed E-state index contributed by atoms with van der Waals surface area (Å²) in [6.07, 6.45) is 6.51. The number of likely N-dealkylation sites (tertiary alicyclic amines) is 1. The fraction of sp³-hybridized carbons (Fsp3) is 0.714. The highest BCUT2D eigenvalue weighted by Crippen LogP contribution is 2.15. The molecular formula is C14H24N2. The van der Waals surface area contributed by atoms with Gasteiger partial charge in [0.15, 0.2) is 0 Å². The Morgan fingerprint density at radius 2 is 1.69 bits per heavy atom. The smallest absolute Gasteiger partial charge is 0.0350 e. The summed E-state index contributed by atoms with van der Waals surface area (Å²) in [5.41, 5.74) is 4.32. The minimum absolute atomic E-state index is 1.15. The van der Waals surface area contributed by atoms with Crippen LogP contribution in [0.1, 0.15) is 36.1 Å². The van der Waals surface area contributed by atoms with E-state index in [-0.39, 0.29) is 0 Å². The molecule has 0 aromatic carbocycles. The Labute approximate surface area is 99.3 Å². The summed E-state index contributed by atoms with van der Waals surface area (Å²) in [4.78, 5) is 2.60. The van der Waals surface area contributed by atoms with Crippen molar-refractivity contribution in [3.8, 4) is 0 Å². The molecule has 0 radical (unpaired) electrons. The fourth-order valence-electron chi connectivity index (χ4n) is 2.59. The third-order valence-corrected chi connectivity index (χ3v) is 4.02. The van der Waals surface area contributed by atoms with Crippen LogP contribution in [0.15, 0.2) is 6.20 Å². The third kappa shape index (κ3) is 2.49. The van der Waals surface area contributed by atoms with Gasteiger partial charge in [-0.05, 0) is 57.8 Å². The van der Waals surface area contributed by atoms with Crippen LogP contribution in [0, 0.1) is 20.8 Å². The van der Waals surface area contributed by atoms with Crippen LogP contribution in [0.5, 0.6) is 0 Å². The van der Waals surface area contributed by atoms with Gasteiger partial charge in [-0.2, -0.15) is 0 Å². The SMILES string of the molecule is Cc1cn(CCN2CCCCC2)c(C)c1C. The standard InChI is InChI=1S/C14H24N2/c1-12-11-16(14(3)13(12)2)10-9-15-7-5-4-6-8-15/h11H,4-10H2,1-3H3. The van der Waals surface area contributed by atoms with E-state index < -0.39 is 0 Å². The maximum Gasteiger partial charge on any atom is 0.0350 e. The van der Waals surface area contributed by atoms with Gasteiger partial charge in [0, 0.05) is 25.0 Å². The van der Waals surface area contributed by atoms with Crippen LogP contribution in [0.3, 0.4) is 0 Å². The zero-order valence-corrected chi connectivity index (χ0v) is 10.9. The van der Waals surface area contributed by atoms with Crippen LogP contribution in [0.2, 0.25) is 0 Å². The van der Waals surface area contributed by atoms with Crippen molar-refractivity contribution in [3.63, 3.8) is 0 Å². The topological polar surface area (TPSA) is 8.17 Å². The molecule has 2 heterocycles. The lowest BCUT2D eigenvalue weighted by molar-refractivity contribution is 0.220. The van der Waals surface area contributed by atoms with E-state index in [2.05, 4.69) is 36.4 Å². The van der Waals surface area contributed by atoms with E-state index in [1.165, 1.54) is 55.7 Å². The second-order valence-corrected chi connectivity index (χ2v) is 5.12. The summed E-state index contributed by atoms with van der Waals surface area (Å²) in [6, 6.07) is 0. The summed E-state index contributed by atoms with van der Waals surface area (Å²) in [5, 5.41) is 0. The van der Waals surface area contributed by atoms with E-state index in [9.17, 15) is 0 Å². The number of hydrogen-bond donors (Lipinski definition) is 0. The highest BCUT2D eigenvalue weighted by Gasteiger charge is 2.11. The monoisotopic (exact) mass is 220 g/mol. The Bertz CT molecular complexity index is 346. The molecule has 1 saturated heterocycles. The molecule has 90 valence electrons. The molecule has 0 unspecified atom stereocenters. The average Bonchev–Trinajstić information content (AvgIpc) is 2.56. The van der Waals surface area contributed by atoms with Gasteiger partial charge in [-0.1, -0.05) is 6.42 Å². The molecule has 1 aromatic rings. The van der Waals surface area contributed by atoms with Gasteiger partial charge in [0.1, 0.15) is 0 Å². The Balaban J connectivity index is 1.91. The quantitative estimate of drug-likeness (QED) is 0.760. The van der Waals surface area contributed by atoms with E-state index in [1.54, 1.807) is 0 Å². The first-order valence-corrected chi connectivity index (χ1v) is 6.54. The van der Waals surface area contributed by atoms with E-state index in [4.69, 9.17) is 0 Å². The van der Waals surface area contributed by atoms with E-state index in [1.807, 2.05) is 0 Å². The number of aryl methyl sites for hydroxylation is 1. The van der Waals surface area contributed by atoms with Gasteiger partial charge in [0.2, 0.25) is 0 Å². The van der Waals surface area contributed by atoms with Crippen LogP contribution >= 0.6 is 0 Å². The number of hydrogen-bond acceptors (Lipinski definition) is 1. The molecule has 0 amide bonds. The van der Waals surface area contributed by atoms with Gasteiger partial charge in [0.05, 0.1) is 0 Å². The van der Waals surface area contributed by atoms with Gasteiger partial charge in [-0.15, -0.1) is 0 Å². The van der Waals surface area contributed by atoms with Crippen LogP contribution in [0.4, 0.5) is 0 Å². The average molecular weight is 220 g/mol. The third-order valence-electron chi connectivity index (χ3n) is 4.02. The summed E-state index contributed by atoms with van der Waals surface area (Å²) in [5.74, 6) is 0. The van der Waals surface area contributed by atoms with Crippen molar-refractivity contribution >= 4 is 0 Å². The van der Waals surface area contributed by atoms with Crippen molar-refractivity contribution < 1.29 is 0 Å². The molecule has 0 N–H and O–H groups in total. The first kappa shape index (κ1) is 11.7. The van der Waals surface area contributed by atoms with Crippen LogP contribution in [-0.4, -0.2) is 29.1 Å². The Hall–Kier alpha value is -0.760. The molecule has 2 heteroatoms. The maximum atomic E-state index is 2.60. The highest BCUT2D eigenvalue weighted by molar-refractivity contribution is 5.28. The number of aromatic nitrogens is 1. The predicted molar refractivity (Wildman–Crippen MR) is 68.9 cm³/mol. The van der Waals surface area contributed by atoms with Crippen molar-refractivity contribution in [2.24, 2.45) is 0 Å². The molecule has 16 heavy (non-hydrogen) atoms. The number of rotatable bonds is 3. The second kappa shape index (κ2) is 5.05. The van der Waals surface area contributed by atoms with Crippen molar-refractivity contribution in [2.75, 3.05) is 19.6 Å². The Kier molecular flexibility index (Phi) is 3.70. The Morgan fingerprint density at radius 1 is 1.00 bits per heavy atom. The summed E-state index contributed by atoms with van der Waals surface area (Å²) < 4.78 is 2.42. The van der Waals surface area contributed by atoms with Gasteiger partial charge in [-0.25, -0.2) is 0 Å². The molecular weight excluding hydrogens is 196 g/mol. The fourth-order valence-corrected chi connectivity index (χ4v) is 2.59. The lowest BCUT2D eigenvalue weighted by Crippen LogP contribution is -2.32. The zero-order chi connectivity index (χ0) is 11.5. The largest absolute Gasteiger partial charge is 0.350 e. The normalized spacial score (nSPS) is 17.9.